The molecule has 0 fully saturated rings. The van der Waals surface area contributed by atoms with Gasteiger partial charge in [0.2, 0.25) is 17.7 Å². The molecule has 4 atom stereocenters. The van der Waals surface area contributed by atoms with Crippen LogP contribution in [0.4, 0.5) is 0 Å². The number of carbonyl (C=O) groups excluding carboxylic acids is 3. The molecule has 0 aliphatic heterocycles. The Morgan fingerprint density at radius 2 is 1.86 bits per heavy atom. The number of aliphatic carboxylic acids is 1. The van der Waals surface area contributed by atoms with Crippen LogP contribution >= 0.6 is 0 Å². The number of nitrogens with two attached hydrogens (primary N) is 1. The van der Waals surface area contributed by atoms with Crippen molar-refractivity contribution < 1.29 is 24.3 Å². The van der Waals surface area contributed by atoms with Crippen molar-refractivity contribution in [2.45, 2.75) is 51.7 Å². The second kappa shape index (κ2) is 11.0. The molecule has 1 aromatic heterocycles. The van der Waals surface area contributed by atoms with Gasteiger partial charge in [-0.2, -0.15) is 0 Å². The third-order valence-electron chi connectivity index (χ3n) is 4.34. The number of H-pyrrole nitrogens is 1. The predicted molar refractivity (Wildman–Crippen MR) is 99.9 cm³/mol. The number of hydrogen-bond donors (Lipinski definition) is 6. The summed E-state index contributed by atoms with van der Waals surface area (Å²) in [5.74, 6) is -3.21. The number of imidazole rings is 1. The lowest BCUT2D eigenvalue weighted by Gasteiger charge is -2.25. The van der Waals surface area contributed by atoms with Crippen molar-refractivity contribution in [3.8, 4) is 0 Å². The van der Waals surface area contributed by atoms with E-state index in [0.29, 0.717) is 12.1 Å². The molecule has 0 spiro atoms. The molecule has 1 rings (SSSR count). The summed E-state index contributed by atoms with van der Waals surface area (Å²) in [6.07, 6.45) is 3.55. The average Bonchev–Trinajstić information content (AvgIpc) is 3.17. The number of nitrogens with zero attached hydrogens (tertiary/aromatic N) is 1. The molecule has 156 valence electrons. The molecule has 7 N–H and O–H groups in total. The summed E-state index contributed by atoms with van der Waals surface area (Å²) in [5, 5.41) is 16.8. The van der Waals surface area contributed by atoms with Crippen LogP contribution in [0.1, 0.15) is 32.9 Å². The number of rotatable bonds is 11. The molecule has 0 aliphatic rings. The van der Waals surface area contributed by atoms with Crippen molar-refractivity contribution in [1.29, 1.82) is 0 Å². The molecule has 1 aromatic rings. The molecule has 11 heteroatoms. The van der Waals surface area contributed by atoms with Gasteiger partial charge in [-0.1, -0.05) is 20.3 Å². The first-order chi connectivity index (χ1) is 13.2. The maximum absolute atomic E-state index is 12.7. The summed E-state index contributed by atoms with van der Waals surface area (Å²) >= 11 is 0. The van der Waals surface area contributed by atoms with E-state index in [1.165, 1.54) is 19.4 Å². The summed E-state index contributed by atoms with van der Waals surface area (Å²) in [7, 11) is 0. The summed E-state index contributed by atoms with van der Waals surface area (Å²) in [6, 6.07) is -3.07. The molecule has 28 heavy (non-hydrogen) atoms. The van der Waals surface area contributed by atoms with E-state index in [-0.39, 0.29) is 18.9 Å². The van der Waals surface area contributed by atoms with Gasteiger partial charge in [0, 0.05) is 18.3 Å². The van der Waals surface area contributed by atoms with Gasteiger partial charge in [-0.25, -0.2) is 9.78 Å². The van der Waals surface area contributed by atoms with Crippen LogP contribution in [0, 0.1) is 5.92 Å². The van der Waals surface area contributed by atoms with Gasteiger partial charge in [-0.15, -0.1) is 0 Å². The molecule has 0 saturated heterocycles. The summed E-state index contributed by atoms with van der Waals surface area (Å²) in [5.41, 5.74) is 5.79. The number of amides is 3. The SMILES string of the molecule is CCC(C)C(NC(=O)C(Cc1cnc[nH]1)NC(=O)C(C)NC(=O)CN)C(=O)O. The minimum Gasteiger partial charge on any atom is -0.480 e. The second-order valence-electron chi connectivity index (χ2n) is 6.55. The number of aromatic nitrogens is 2. The highest BCUT2D eigenvalue weighted by Crippen LogP contribution is 2.09. The van der Waals surface area contributed by atoms with Crippen LogP contribution in [0.3, 0.4) is 0 Å². The lowest BCUT2D eigenvalue weighted by atomic mass is 9.98. The molecule has 11 nitrogen and oxygen atoms in total. The van der Waals surface area contributed by atoms with E-state index in [2.05, 4.69) is 25.9 Å². The molecular weight excluding hydrogens is 368 g/mol. The molecule has 0 aromatic carbocycles. The lowest BCUT2D eigenvalue weighted by molar-refractivity contribution is -0.143. The Kier molecular flexibility index (Phi) is 9.09. The first kappa shape index (κ1) is 23.1. The van der Waals surface area contributed by atoms with E-state index in [1.54, 1.807) is 6.92 Å². The summed E-state index contributed by atoms with van der Waals surface area (Å²) in [4.78, 5) is 54.6. The zero-order chi connectivity index (χ0) is 21.3. The molecule has 4 unspecified atom stereocenters. The van der Waals surface area contributed by atoms with Crippen LogP contribution in [-0.2, 0) is 25.6 Å². The first-order valence-electron chi connectivity index (χ1n) is 8.99. The fourth-order valence-electron chi connectivity index (χ4n) is 2.43. The molecule has 0 radical (unpaired) electrons. The maximum Gasteiger partial charge on any atom is 0.326 e. The van der Waals surface area contributed by atoms with Crippen molar-refractivity contribution in [2.75, 3.05) is 6.54 Å². The number of carbonyl (C=O) groups is 4. The fraction of sp³-hybridized carbons (Fsp3) is 0.588. The van der Waals surface area contributed by atoms with E-state index < -0.39 is 41.8 Å². The Labute approximate surface area is 162 Å². The van der Waals surface area contributed by atoms with Crippen molar-refractivity contribution >= 4 is 23.7 Å². The number of nitrogens with one attached hydrogen (secondary N) is 4. The van der Waals surface area contributed by atoms with Gasteiger partial charge in [0.25, 0.3) is 0 Å². The minimum atomic E-state index is -1.15. The van der Waals surface area contributed by atoms with Crippen molar-refractivity contribution in [3.05, 3.63) is 18.2 Å². The first-order valence-corrected chi connectivity index (χ1v) is 8.99. The average molecular weight is 396 g/mol. The highest BCUT2D eigenvalue weighted by atomic mass is 16.4. The van der Waals surface area contributed by atoms with E-state index in [9.17, 15) is 24.3 Å². The molecule has 0 saturated carbocycles. The van der Waals surface area contributed by atoms with Crippen LogP contribution < -0.4 is 21.7 Å². The maximum atomic E-state index is 12.7. The Bertz CT molecular complexity index is 678. The van der Waals surface area contributed by atoms with Gasteiger partial charge in [-0.05, 0) is 12.8 Å². The van der Waals surface area contributed by atoms with Crippen LogP contribution in [0.15, 0.2) is 12.5 Å². The Hall–Kier alpha value is -2.95. The molecule has 0 bridgehead atoms. The molecule has 0 aliphatic carbocycles. The zero-order valence-electron chi connectivity index (χ0n) is 16.2. The van der Waals surface area contributed by atoms with Crippen LogP contribution in [-0.4, -0.2) is 63.4 Å². The third-order valence-corrected chi connectivity index (χ3v) is 4.34. The number of carboxylic acids is 1. The minimum absolute atomic E-state index is 0.0714. The molecule has 3 amide bonds. The summed E-state index contributed by atoms with van der Waals surface area (Å²) < 4.78 is 0. The summed E-state index contributed by atoms with van der Waals surface area (Å²) in [6.45, 7) is 4.71. The number of carboxylic acid groups (broad SMARTS) is 1. The monoisotopic (exact) mass is 396 g/mol. The number of hydrogen-bond acceptors (Lipinski definition) is 6. The third kappa shape index (κ3) is 6.99. The largest absolute Gasteiger partial charge is 0.480 e. The quantitative estimate of drug-likeness (QED) is 0.264. The topological polar surface area (TPSA) is 179 Å². The smallest absolute Gasteiger partial charge is 0.326 e. The fourth-order valence-corrected chi connectivity index (χ4v) is 2.43. The van der Waals surface area contributed by atoms with E-state index in [1.807, 2.05) is 6.92 Å². The van der Waals surface area contributed by atoms with E-state index in [4.69, 9.17) is 5.73 Å². The van der Waals surface area contributed by atoms with Crippen molar-refractivity contribution in [2.24, 2.45) is 11.7 Å². The van der Waals surface area contributed by atoms with E-state index >= 15 is 0 Å². The molecule has 1 heterocycles. The predicted octanol–water partition coefficient (Wildman–Crippen LogP) is -1.48. The van der Waals surface area contributed by atoms with Gasteiger partial charge in [0.05, 0.1) is 12.9 Å². The lowest BCUT2D eigenvalue weighted by Crippen LogP contribution is -2.57. The van der Waals surface area contributed by atoms with Gasteiger partial charge in [0.15, 0.2) is 0 Å². The normalized spacial score (nSPS) is 15.0. The Morgan fingerprint density at radius 1 is 1.18 bits per heavy atom. The van der Waals surface area contributed by atoms with Crippen molar-refractivity contribution in [1.82, 2.24) is 25.9 Å². The molecular formula is C17H28N6O5. The standard InChI is InChI=1S/C17H28N6O5/c1-4-9(2)14(17(27)28)23-16(26)12(5-11-7-19-8-20-11)22-15(25)10(3)21-13(24)6-18/h7-10,12,14H,4-6,18H2,1-3H3,(H,19,20)(H,21,24)(H,22,25)(H,23,26)(H,27,28). The van der Waals surface area contributed by atoms with Crippen LogP contribution in [0.25, 0.3) is 0 Å². The van der Waals surface area contributed by atoms with E-state index in [0.717, 1.165) is 0 Å². The van der Waals surface area contributed by atoms with Crippen LogP contribution in [0.5, 0.6) is 0 Å². The van der Waals surface area contributed by atoms with Crippen molar-refractivity contribution in [3.63, 3.8) is 0 Å². The Balaban J connectivity index is 2.91. The van der Waals surface area contributed by atoms with Crippen LogP contribution in [0.2, 0.25) is 0 Å². The van der Waals surface area contributed by atoms with Gasteiger partial charge >= 0.3 is 5.97 Å². The van der Waals surface area contributed by atoms with Gasteiger partial charge in [-0.3, -0.25) is 14.4 Å². The highest BCUT2D eigenvalue weighted by molar-refractivity contribution is 5.93. The van der Waals surface area contributed by atoms with Gasteiger partial charge < -0.3 is 31.8 Å². The van der Waals surface area contributed by atoms with Gasteiger partial charge in [0.1, 0.15) is 18.1 Å². The zero-order valence-corrected chi connectivity index (χ0v) is 16.2. The number of aromatic amines is 1. The Morgan fingerprint density at radius 3 is 2.36 bits per heavy atom. The highest BCUT2D eigenvalue weighted by Gasteiger charge is 2.30. The second-order valence-corrected chi connectivity index (χ2v) is 6.55.